The van der Waals surface area contributed by atoms with Crippen LogP contribution in [0.5, 0.6) is 0 Å². The van der Waals surface area contributed by atoms with Crippen LogP contribution in [0.2, 0.25) is 20.1 Å². The van der Waals surface area contributed by atoms with E-state index < -0.39 is 5.97 Å². The monoisotopic (exact) mass is 385 g/mol. The van der Waals surface area contributed by atoms with E-state index in [4.69, 9.17) is 51.1 Å². The number of benzene rings is 2. The van der Waals surface area contributed by atoms with E-state index in [0.717, 1.165) is 0 Å². The van der Waals surface area contributed by atoms with Crippen LogP contribution in [0.1, 0.15) is 11.1 Å². The van der Waals surface area contributed by atoms with Crippen LogP contribution in [0.4, 0.5) is 0 Å². The summed E-state index contributed by atoms with van der Waals surface area (Å²) in [6.45, 7) is 0. The number of nitrogens with zero attached hydrogens (tertiary/aromatic N) is 1. The summed E-state index contributed by atoms with van der Waals surface area (Å²) in [7, 11) is 0. The highest BCUT2D eigenvalue weighted by Crippen LogP contribution is 2.27. The summed E-state index contributed by atoms with van der Waals surface area (Å²) in [5.41, 5.74) is 1.30. The van der Waals surface area contributed by atoms with Gasteiger partial charge in [-0.15, -0.1) is 0 Å². The number of halogens is 4. The predicted octanol–water partition coefficient (Wildman–Crippen LogP) is 5.64. The van der Waals surface area contributed by atoms with Gasteiger partial charge >= 0.3 is 5.97 Å². The molecule has 2 aromatic carbocycles. The van der Waals surface area contributed by atoms with Crippen LogP contribution in [0, 0.1) is 0 Å². The maximum absolute atomic E-state index is 12.0. The minimum absolute atomic E-state index is 0.135. The predicted molar refractivity (Wildman–Crippen MR) is 93.5 cm³/mol. The molecule has 23 heavy (non-hydrogen) atoms. The van der Waals surface area contributed by atoms with Gasteiger partial charge in [0.25, 0.3) is 0 Å². The molecule has 3 rings (SSSR count). The summed E-state index contributed by atoms with van der Waals surface area (Å²) < 4.78 is 5.16. The standard InChI is InChI=1S/C16H7Cl4NO2/c17-10-3-1-8(12(19)7-10)6-14-16(22)23-15(21-14)9-2-4-11(18)13(20)5-9/h1-7H/b14-6+. The first-order valence-electron chi connectivity index (χ1n) is 6.37. The lowest BCUT2D eigenvalue weighted by Crippen LogP contribution is -2.05. The normalized spacial score (nSPS) is 15.7. The number of carbonyl (C=O) groups excluding carboxylic acids is 1. The number of ether oxygens (including phenoxy) is 1. The second kappa shape index (κ2) is 6.54. The van der Waals surface area contributed by atoms with Crippen LogP contribution in [-0.4, -0.2) is 11.9 Å². The van der Waals surface area contributed by atoms with Crippen LogP contribution < -0.4 is 0 Å². The molecule has 0 saturated carbocycles. The van der Waals surface area contributed by atoms with E-state index in [0.29, 0.717) is 31.2 Å². The van der Waals surface area contributed by atoms with E-state index in [1.54, 1.807) is 36.4 Å². The molecule has 0 aliphatic carbocycles. The van der Waals surface area contributed by atoms with Gasteiger partial charge in [0.1, 0.15) is 0 Å². The molecule has 3 nitrogen and oxygen atoms in total. The molecular weight excluding hydrogens is 380 g/mol. The Morgan fingerprint density at radius 3 is 2.39 bits per heavy atom. The molecule has 0 amide bonds. The largest absolute Gasteiger partial charge is 0.402 e. The fraction of sp³-hybridized carbons (Fsp3) is 0. The van der Waals surface area contributed by atoms with Crippen molar-refractivity contribution in [3.05, 3.63) is 73.3 Å². The van der Waals surface area contributed by atoms with Crippen molar-refractivity contribution < 1.29 is 9.53 Å². The average Bonchev–Trinajstić information content (AvgIpc) is 2.86. The molecular formula is C16H7Cl4NO2. The zero-order chi connectivity index (χ0) is 16.6. The first kappa shape index (κ1) is 16.3. The van der Waals surface area contributed by atoms with Crippen LogP contribution >= 0.6 is 46.4 Å². The Bertz CT molecular complexity index is 874. The van der Waals surface area contributed by atoms with Crippen molar-refractivity contribution in [3.8, 4) is 0 Å². The van der Waals surface area contributed by atoms with Gasteiger partial charge in [-0.3, -0.25) is 0 Å². The van der Waals surface area contributed by atoms with Gasteiger partial charge in [0, 0.05) is 15.6 Å². The highest BCUT2D eigenvalue weighted by atomic mass is 35.5. The molecule has 0 fully saturated rings. The quantitative estimate of drug-likeness (QED) is 0.494. The zero-order valence-electron chi connectivity index (χ0n) is 11.3. The molecule has 116 valence electrons. The van der Waals surface area contributed by atoms with Gasteiger partial charge in [-0.05, 0) is 42.0 Å². The molecule has 1 aliphatic heterocycles. The van der Waals surface area contributed by atoms with Crippen molar-refractivity contribution in [1.29, 1.82) is 0 Å². The molecule has 7 heteroatoms. The number of cyclic esters (lactones) is 1. The van der Waals surface area contributed by atoms with Gasteiger partial charge < -0.3 is 4.74 Å². The Morgan fingerprint density at radius 2 is 1.70 bits per heavy atom. The summed E-state index contributed by atoms with van der Waals surface area (Å²) in [6.07, 6.45) is 1.53. The minimum Gasteiger partial charge on any atom is -0.402 e. The number of esters is 1. The molecule has 1 heterocycles. The maximum Gasteiger partial charge on any atom is 0.363 e. The highest BCUT2D eigenvalue weighted by Gasteiger charge is 2.24. The van der Waals surface area contributed by atoms with Gasteiger partial charge in [0.2, 0.25) is 5.90 Å². The third-order valence-corrected chi connectivity index (χ3v) is 4.34. The SMILES string of the molecule is O=C1OC(c2ccc(Cl)c(Cl)c2)=N/C1=C/c1ccc(Cl)cc1Cl. The minimum atomic E-state index is -0.572. The molecule has 0 saturated heterocycles. The Hall–Kier alpha value is -1.52. The second-order valence-corrected chi connectivity index (χ2v) is 6.29. The van der Waals surface area contributed by atoms with Crippen molar-refractivity contribution in [2.24, 2.45) is 4.99 Å². The van der Waals surface area contributed by atoms with Crippen LogP contribution in [0.15, 0.2) is 47.1 Å². The van der Waals surface area contributed by atoms with Crippen molar-refractivity contribution in [3.63, 3.8) is 0 Å². The molecule has 0 bridgehead atoms. The smallest absolute Gasteiger partial charge is 0.363 e. The van der Waals surface area contributed by atoms with Gasteiger partial charge in [-0.2, -0.15) is 0 Å². The molecule has 0 unspecified atom stereocenters. The lowest BCUT2D eigenvalue weighted by Gasteiger charge is -2.01. The fourth-order valence-electron chi connectivity index (χ4n) is 1.93. The van der Waals surface area contributed by atoms with Crippen LogP contribution in [-0.2, 0) is 9.53 Å². The summed E-state index contributed by atoms with van der Waals surface area (Å²) >= 11 is 23.8. The number of hydrogen-bond acceptors (Lipinski definition) is 3. The van der Waals surface area contributed by atoms with E-state index in [-0.39, 0.29) is 11.6 Å². The molecule has 0 N–H and O–H groups in total. The highest BCUT2D eigenvalue weighted by molar-refractivity contribution is 6.42. The summed E-state index contributed by atoms with van der Waals surface area (Å²) in [4.78, 5) is 16.1. The lowest BCUT2D eigenvalue weighted by molar-refractivity contribution is -0.129. The summed E-state index contributed by atoms with van der Waals surface area (Å²) in [5, 5.41) is 1.67. The Kier molecular flexibility index (Phi) is 4.64. The lowest BCUT2D eigenvalue weighted by atomic mass is 10.2. The Morgan fingerprint density at radius 1 is 0.913 bits per heavy atom. The van der Waals surface area contributed by atoms with E-state index in [2.05, 4.69) is 4.99 Å². The Labute approximate surface area is 152 Å². The number of carbonyl (C=O) groups is 1. The van der Waals surface area contributed by atoms with E-state index in [1.165, 1.54) is 6.08 Å². The number of hydrogen-bond donors (Lipinski definition) is 0. The van der Waals surface area contributed by atoms with Crippen molar-refractivity contribution in [1.82, 2.24) is 0 Å². The topological polar surface area (TPSA) is 38.7 Å². The van der Waals surface area contributed by atoms with Crippen LogP contribution in [0.25, 0.3) is 6.08 Å². The summed E-state index contributed by atoms with van der Waals surface area (Å²) in [6, 6.07) is 9.79. The molecule has 0 spiro atoms. The molecule has 0 atom stereocenters. The molecule has 0 radical (unpaired) electrons. The van der Waals surface area contributed by atoms with Gasteiger partial charge in [-0.1, -0.05) is 52.5 Å². The third-order valence-electron chi connectivity index (χ3n) is 3.04. The number of rotatable bonds is 2. The van der Waals surface area contributed by atoms with E-state index >= 15 is 0 Å². The Balaban J connectivity index is 1.97. The maximum atomic E-state index is 12.0. The van der Waals surface area contributed by atoms with Crippen molar-refractivity contribution >= 4 is 64.3 Å². The molecule has 1 aliphatic rings. The van der Waals surface area contributed by atoms with Crippen molar-refractivity contribution in [2.45, 2.75) is 0 Å². The van der Waals surface area contributed by atoms with E-state index in [9.17, 15) is 4.79 Å². The van der Waals surface area contributed by atoms with E-state index in [1.807, 2.05) is 0 Å². The first-order chi connectivity index (χ1) is 10.9. The van der Waals surface area contributed by atoms with Gasteiger partial charge in [0.15, 0.2) is 5.70 Å². The fourth-order valence-corrected chi connectivity index (χ4v) is 2.69. The van der Waals surface area contributed by atoms with Crippen molar-refractivity contribution in [2.75, 3.05) is 0 Å². The summed E-state index contributed by atoms with van der Waals surface area (Å²) in [5.74, 6) is -0.415. The second-order valence-electron chi connectivity index (χ2n) is 4.63. The molecule has 0 aromatic heterocycles. The van der Waals surface area contributed by atoms with Gasteiger partial charge in [0.05, 0.1) is 10.0 Å². The first-order valence-corrected chi connectivity index (χ1v) is 7.88. The average molecular weight is 387 g/mol. The van der Waals surface area contributed by atoms with Gasteiger partial charge in [-0.25, -0.2) is 9.79 Å². The zero-order valence-corrected chi connectivity index (χ0v) is 14.3. The third kappa shape index (κ3) is 3.54. The van der Waals surface area contributed by atoms with Crippen LogP contribution in [0.3, 0.4) is 0 Å². The number of aliphatic imine (C=N–C) groups is 1. The molecule has 2 aromatic rings.